The molecule has 0 fully saturated rings. The van der Waals surface area contributed by atoms with Crippen molar-refractivity contribution in [3.8, 4) is 11.8 Å². The van der Waals surface area contributed by atoms with Crippen LogP contribution in [-0.2, 0) is 4.74 Å². The molecule has 1 aromatic carbocycles. The molecule has 0 amide bonds. The van der Waals surface area contributed by atoms with Gasteiger partial charge >= 0.3 is 5.97 Å². The third kappa shape index (κ3) is 2.96. The van der Waals surface area contributed by atoms with Crippen LogP contribution in [0, 0.1) is 11.8 Å². The third-order valence-corrected chi connectivity index (χ3v) is 2.34. The number of carbonyl (C=O) groups is 1. The molecule has 0 atom stereocenters. The van der Waals surface area contributed by atoms with Gasteiger partial charge in [-0.3, -0.25) is 4.98 Å². The molecule has 0 radical (unpaired) electrons. The average Bonchev–Trinajstić information content (AvgIpc) is 2.46. The van der Waals surface area contributed by atoms with Gasteiger partial charge in [0.25, 0.3) is 0 Å². The number of ether oxygens (including phenoxy) is 1. The number of nitrogens with zero attached hydrogens (tertiary/aromatic N) is 1. The summed E-state index contributed by atoms with van der Waals surface area (Å²) in [5, 5.41) is 0. The van der Waals surface area contributed by atoms with Crippen LogP contribution in [0.4, 0.5) is 0 Å². The summed E-state index contributed by atoms with van der Waals surface area (Å²) in [5.74, 6) is 5.69. The molecule has 0 spiro atoms. The van der Waals surface area contributed by atoms with Crippen molar-refractivity contribution in [1.29, 1.82) is 0 Å². The summed E-state index contributed by atoms with van der Waals surface area (Å²) in [5.41, 5.74) is 2.27. The lowest BCUT2D eigenvalue weighted by atomic mass is 10.1. The second-order valence-corrected chi connectivity index (χ2v) is 3.55. The van der Waals surface area contributed by atoms with Crippen molar-refractivity contribution in [3.05, 3.63) is 65.5 Å². The van der Waals surface area contributed by atoms with Gasteiger partial charge in [-0.05, 0) is 36.4 Å². The van der Waals surface area contributed by atoms with Crippen LogP contribution in [0.1, 0.15) is 21.5 Å². The fraction of sp³-hybridized carbons (Fsp3) is 0.0667. The minimum atomic E-state index is -0.344. The van der Waals surface area contributed by atoms with Gasteiger partial charge in [0.1, 0.15) is 0 Å². The quantitative estimate of drug-likeness (QED) is 0.564. The number of hydrogen-bond acceptors (Lipinski definition) is 3. The molecule has 1 heterocycles. The maximum atomic E-state index is 11.2. The molecule has 0 saturated heterocycles. The van der Waals surface area contributed by atoms with Crippen LogP contribution in [0.5, 0.6) is 0 Å². The van der Waals surface area contributed by atoms with Gasteiger partial charge in [0.05, 0.1) is 12.7 Å². The van der Waals surface area contributed by atoms with Gasteiger partial charge in [-0.25, -0.2) is 4.79 Å². The Morgan fingerprint density at radius 1 is 1.00 bits per heavy atom. The number of esters is 1. The van der Waals surface area contributed by atoms with Crippen molar-refractivity contribution in [2.45, 2.75) is 0 Å². The number of aromatic nitrogens is 1. The molecule has 1 aromatic heterocycles. The van der Waals surface area contributed by atoms with E-state index in [1.165, 1.54) is 7.11 Å². The smallest absolute Gasteiger partial charge is 0.337 e. The minimum Gasteiger partial charge on any atom is -0.465 e. The van der Waals surface area contributed by atoms with Gasteiger partial charge in [0.2, 0.25) is 0 Å². The van der Waals surface area contributed by atoms with E-state index >= 15 is 0 Å². The Kier molecular flexibility index (Phi) is 3.72. The fourth-order valence-electron chi connectivity index (χ4n) is 1.39. The van der Waals surface area contributed by atoms with E-state index in [0.717, 1.165) is 11.1 Å². The molecule has 0 N–H and O–H groups in total. The highest BCUT2D eigenvalue weighted by molar-refractivity contribution is 5.89. The Morgan fingerprint density at radius 2 is 1.56 bits per heavy atom. The van der Waals surface area contributed by atoms with Gasteiger partial charge in [0.15, 0.2) is 0 Å². The van der Waals surface area contributed by atoms with Gasteiger partial charge in [0, 0.05) is 23.5 Å². The highest BCUT2D eigenvalue weighted by Crippen LogP contribution is 2.05. The predicted molar refractivity (Wildman–Crippen MR) is 68.0 cm³/mol. The van der Waals surface area contributed by atoms with E-state index in [1.54, 1.807) is 36.7 Å². The first kappa shape index (κ1) is 11.9. The van der Waals surface area contributed by atoms with Gasteiger partial charge < -0.3 is 4.74 Å². The first-order valence-electron chi connectivity index (χ1n) is 5.40. The van der Waals surface area contributed by atoms with Crippen LogP contribution >= 0.6 is 0 Å². The van der Waals surface area contributed by atoms with Crippen LogP contribution in [0.3, 0.4) is 0 Å². The summed E-state index contributed by atoms with van der Waals surface area (Å²) in [6.45, 7) is 0. The summed E-state index contributed by atoms with van der Waals surface area (Å²) in [7, 11) is 1.36. The summed E-state index contributed by atoms with van der Waals surface area (Å²) in [4.78, 5) is 15.2. The SMILES string of the molecule is COC(=O)c1ccc(C#Cc2ccncc2)cc1. The Balaban J connectivity index is 2.17. The fourth-order valence-corrected chi connectivity index (χ4v) is 1.39. The van der Waals surface area contributed by atoms with Crippen molar-refractivity contribution in [3.63, 3.8) is 0 Å². The van der Waals surface area contributed by atoms with Crippen LogP contribution in [0.15, 0.2) is 48.8 Å². The second kappa shape index (κ2) is 5.65. The molecule has 2 aromatic rings. The van der Waals surface area contributed by atoms with Gasteiger partial charge in [-0.1, -0.05) is 11.8 Å². The lowest BCUT2D eigenvalue weighted by Crippen LogP contribution is -2.00. The lowest BCUT2D eigenvalue weighted by molar-refractivity contribution is 0.0601. The zero-order valence-electron chi connectivity index (χ0n) is 9.88. The Morgan fingerprint density at radius 3 is 2.11 bits per heavy atom. The van der Waals surface area contributed by atoms with Crippen molar-refractivity contribution >= 4 is 5.97 Å². The summed E-state index contributed by atoms with van der Waals surface area (Å²) < 4.78 is 4.62. The van der Waals surface area contributed by atoms with Crippen LogP contribution < -0.4 is 0 Å². The number of methoxy groups -OCH3 is 1. The Labute approximate surface area is 105 Å². The molecule has 0 saturated carbocycles. The zero-order valence-corrected chi connectivity index (χ0v) is 9.88. The van der Waals surface area contributed by atoms with Crippen LogP contribution in [0.25, 0.3) is 0 Å². The number of hydrogen-bond donors (Lipinski definition) is 0. The molecule has 3 heteroatoms. The van der Waals surface area contributed by atoms with E-state index in [4.69, 9.17) is 0 Å². The topological polar surface area (TPSA) is 39.2 Å². The monoisotopic (exact) mass is 237 g/mol. The third-order valence-electron chi connectivity index (χ3n) is 2.34. The minimum absolute atomic E-state index is 0.344. The molecule has 2 rings (SSSR count). The predicted octanol–water partition coefficient (Wildman–Crippen LogP) is 2.27. The van der Waals surface area contributed by atoms with E-state index in [1.807, 2.05) is 12.1 Å². The highest BCUT2D eigenvalue weighted by atomic mass is 16.5. The maximum absolute atomic E-state index is 11.2. The standard InChI is InChI=1S/C15H11NO2/c1-18-15(17)14-6-4-12(5-7-14)2-3-13-8-10-16-11-9-13/h4-11H,1H3. The molecular formula is C15H11NO2. The number of benzene rings is 1. The van der Waals surface area contributed by atoms with Gasteiger partial charge in [-0.15, -0.1) is 0 Å². The average molecular weight is 237 g/mol. The van der Waals surface area contributed by atoms with E-state index < -0.39 is 0 Å². The lowest BCUT2D eigenvalue weighted by Gasteiger charge is -1.98. The largest absolute Gasteiger partial charge is 0.465 e. The Hall–Kier alpha value is -2.60. The first-order chi connectivity index (χ1) is 8.79. The normalized spacial score (nSPS) is 9.17. The molecule has 0 unspecified atom stereocenters. The number of carbonyl (C=O) groups excluding carboxylic acids is 1. The number of rotatable bonds is 1. The van der Waals surface area contributed by atoms with Gasteiger partial charge in [-0.2, -0.15) is 0 Å². The van der Waals surface area contributed by atoms with Crippen molar-refractivity contribution in [2.75, 3.05) is 7.11 Å². The first-order valence-corrected chi connectivity index (χ1v) is 5.40. The highest BCUT2D eigenvalue weighted by Gasteiger charge is 2.02. The molecule has 18 heavy (non-hydrogen) atoms. The van der Waals surface area contributed by atoms with E-state index in [-0.39, 0.29) is 5.97 Å². The molecule has 3 nitrogen and oxygen atoms in total. The molecule has 0 aliphatic rings. The van der Waals surface area contributed by atoms with Crippen LogP contribution in [0.2, 0.25) is 0 Å². The zero-order chi connectivity index (χ0) is 12.8. The van der Waals surface area contributed by atoms with E-state index in [2.05, 4.69) is 21.6 Å². The van der Waals surface area contributed by atoms with Crippen molar-refractivity contribution in [1.82, 2.24) is 4.98 Å². The van der Waals surface area contributed by atoms with E-state index in [9.17, 15) is 4.79 Å². The Bertz CT molecular complexity index is 592. The van der Waals surface area contributed by atoms with Crippen LogP contribution in [-0.4, -0.2) is 18.1 Å². The summed E-state index contributed by atoms with van der Waals surface area (Å²) >= 11 is 0. The molecule has 0 aliphatic carbocycles. The second-order valence-electron chi connectivity index (χ2n) is 3.55. The van der Waals surface area contributed by atoms with E-state index in [0.29, 0.717) is 5.56 Å². The van der Waals surface area contributed by atoms with Crippen molar-refractivity contribution in [2.24, 2.45) is 0 Å². The molecule has 0 aliphatic heterocycles. The maximum Gasteiger partial charge on any atom is 0.337 e. The van der Waals surface area contributed by atoms with Crippen molar-refractivity contribution < 1.29 is 9.53 Å². The summed E-state index contributed by atoms with van der Waals surface area (Å²) in [6, 6.07) is 10.7. The molecule has 0 bridgehead atoms. The summed E-state index contributed by atoms with van der Waals surface area (Å²) in [6.07, 6.45) is 3.40. The molecule has 88 valence electrons. The molecular weight excluding hydrogens is 226 g/mol. The number of pyridine rings is 1.